The topological polar surface area (TPSA) is 58.6 Å². The van der Waals surface area contributed by atoms with E-state index in [0.29, 0.717) is 17.4 Å². The predicted molar refractivity (Wildman–Crippen MR) is 80.7 cm³/mol. The van der Waals surface area contributed by atoms with Crippen molar-refractivity contribution in [3.8, 4) is 5.75 Å². The number of hydrogen-bond donors (Lipinski definition) is 2. The first kappa shape index (κ1) is 15.3. The number of nitrogens with one attached hydrogen (secondary N) is 1. The van der Waals surface area contributed by atoms with Crippen LogP contribution >= 0.6 is 15.9 Å². The maximum Gasteiger partial charge on any atom is 0.258 e. The standard InChI is InChI=1S/C15H20BrNO3/c1-10(18)13-7-6-11(16)8-14(13)20-9-15(19)17-12-4-2-3-5-12/h6-8,10,12,18H,2-5,9H2,1H3,(H,17,19)/t10-/m0/s1. The molecule has 0 heterocycles. The summed E-state index contributed by atoms with van der Waals surface area (Å²) >= 11 is 3.36. The first-order valence-electron chi connectivity index (χ1n) is 6.96. The molecule has 1 aromatic carbocycles. The zero-order valence-electron chi connectivity index (χ0n) is 11.6. The highest BCUT2D eigenvalue weighted by molar-refractivity contribution is 9.10. The fraction of sp³-hybridized carbons (Fsp3) is 0.533. The van der Waals surface area contributed by atoms with Crippen LogP contribution < -0.4 is 10.1 Å². The Morgan fingerprint density at radius 3 is 2.85 bits per heavy atom. The summed E-state index contributed by atoms with van der Waals surface area (Å²) in [4.78, 5) is 11.8. The minimum atomic E-state index is -0.629. The van der Waals surface area contributed by atoms with Crippen molar-refractivity contribution in [1.29, 1.82) is 0 Å². The molecule has 1 aliphatic rings. The smallest absolute Gasteiger partial charge is 0.258 e. The maximum atomic E-state index is 11.8. The van der Waals surface area contributed by atoms with Gasteiger partial charge in [-0.1, -0.05) is 34.8 Å². The molecule has 0 bridgehead atoms. The van der Waals surface area contributed by atoms with Crippen LogP contribution in [0.25, 0.3) is 0 Å². The molecule has 0 aliphatic heterocycles. The highest BCUT2D eigenvalue weighted by atomic mass is 79.9. The average molecular weight is 342 g/mol. The first-order chi connectivity index (χ1) is 9.56. The van der Waals surface area contributed by atoms with Crippen LogP contribution in [0.2, 0.25) is 0 Å². The molecular formula is C15H20BrNO3. The summed E-state index contributed by atoms with van der Waals surface area (Å²) in [6, 6.07) is 5.70. The van der Waals surface area contributed by atoms with Gasteiger partial charge in [0.1, 0.15) is 5.75 Å². The molecule has 4 nitrogen and oxygen atoms in total. The number of benzene rings is 1. The lowest BCUT2D eigenvalue weighted by Crippen LogP contribution is -2.36. The highest BCUT2D eigenvalue weighted by Crippen LogP contribution is 2.28. The molecule has 0 spiro atoms. The third-order valence-corrected chi connectivity index (χ3v) is 4.00. The van der Waals surface area contributed by atoms with Crippen LogP contribution in [0.3, 0.4) is 0 Å². The zero-order chi connectivity index (χ0) is 14.5. The van der Waals surface area contributed by atoms with Gasteiger partial charge >= 0.3 is 0 Å². The average Bonchev–Trinajstić information content (AvgIpc) is 2.89. The molecule has 0 aromatic heterocycles. The van der Waals surface area contributed by atoms with Crippen LogP contribution in [0, 0.1) is 0 Å². The Balaban J connectivity index is 1.92. The van der Waals surface area contributed by atoms with Crippen LogP contribution in [-0.4, -0.2) is 23.7 Å². The summed E-state index contributed by atoms with van der Waals surface area (Å²) in [6.45, 7) is 1.65. The molecule has 0 unspecified atom stereocenters. The van der Waals surface area contributed by atoms with Crippen LogP contribution in [0.1, 0.15) is 44.3 Å². The van der Waals surface area contributed by atoms with Crippen LogP contribution in [-0.2, 0) is 4.79 Å². The van der Waals surface area contributed by atoms with E-state index in [4.69, 9.17) is 4.74 Å². The first-order valence-corrected chi connectivity index (χ1v) is 7.75. The van der Waals surface area contributed by atoms with Gasteiger partial charge in [0.05, 0.1) is 6.10 Å². The fourth-order valence-corrected chi connectivity index (χ4v) is 2.80. The molecule has 5 heteroatoms. The van der Waals surface area contributed by atoms with Crippen molar-refractivity contribution in [2.45, 2.75) is 44.8 Å². The monoisotopic (exact) mass is 341 g/mol. The van der Waals surface area contributed by atoms with Gasteiger partial charge in [-0.05, 0) is 31.9 Å². The Bertz CT molecular complexity index is 470. The van der Waals surface area contributed by atoms with E-state index in [1.54, 1.807) is 19.1 Å². The van der Waals surface area contributed by atoms with Crippen LogP contribution in [0.4, 0.5) is 0 Å². The molecule has 1 atom stereocenters. The SMILES string of the molecule is C[C@H](O)c1ccc(Br)cc1OCC(=O)NC1CCCC1. The molecule has 1 aromatic rings. The number of rotatable bonds is 5. The lowest BCUT2D eigenvalue weighted by atomic mass is 10.1. The summed E-state index contributed by atoms with van der Waals surface area (Å²) in [5, 5.41) is 12.7. The number of carbonyl (C=O) groups excluding carboxylic acids is 1. The second-order valence-electron chi connectivity index (χ2n) is 5.20. The van der Waals surface area contributed by atoms with E-state index < -0.39 is 6.10 Å². The number of aliphatic hydroxyl groups is 1. The van der Waals surface area contributed by atoms with Crippen molar-refractivity contribution in [2.24, 2.45) is 0 Å². The Labute approximate surface area is 127 Å². The number of hydrogen-bond acceptors (Lipinski definition) is 3. The molecular weight excluding hydrogens is 322 g/mol. The van der Waals surface area contributed by atoms with E-state index in [-0.39, 0.29) is 12.5 Å². The van der Waals surface area contributed by atoms with Gasteiger partial charge in [0.2, 0.25) is 0 Å². The van der Waals surface area contributed by atoms with Gasteiger partial charge in [-0.3, -0.25) is 4.79 Å². The Morgan fingerprint density at radius 1 is 1.50 bits per heavy atom. The molecule has 20 heavy (non-hydrogen) atoms. The molecule has 1 fully saturated rings. The third-order valence-electron chi connectivity index (χ3n) is 3.50. The van der Waals surface area contributed by atoms with E-state index >= 15 is 0 Å². The normalized spacial score (nSPS) is 16.9. The zero-order valence-corrected chi connectivity index (χ0v) is 13.1. The molecule has 2 N–H and O–H groups in total. The Morgan fingerprint density at radius 2 is 2.20 bits per heavy atom. The summed E-state index contributed by atoms with van der Waals surface area (Å²) in [5.74, 6) is 0.435. The van der Waals surface area contributed by atoms with Gasteiger partial charge < -0.3 is 15.2 Å². The summed E-state index contributed by atoms with van der Waals surface area (Å²) < 4.78 is 6.40. The summed E-state index contributed by atoms with van der Waals surface area (Å²) in [5.41, 5.74) is 0.682. The molecule has 2 rings (SSSR count). The quantitative estimate of drug-likeness (QED) is 0.865. The van der Waals surface area contributed by atoms with E-state index in [0.717, 1.165) is 17.3 Å². The Kier molecular flexibility index (Phi) is 5.43. The minimum absolute atomic E-state index is 0.0212. The van der Waals surface area contributed by atoms with Crippen molar-refractivity contribution in [1.82, 2.24) is 5.32 Å². The lowest BCUT2D eigenvalue weighted by molar-refractivity contribution is -0.123. The second-order valence-corrected chi connectivity index (χ2v) is 6.11. The van der Waals surface area contributed by atoms with Gasteiger partial charge in [0, 0.05) is 16.1 Å². The maximum absolute atomic E-state index is 11.8. The van der Waals surface area contributed by atoms with E-state index in [1.807, 2.05) is 6.07 Å². The highest BCUT2D eigenvalue weighted by Gasteiger charge is 2.18. The van der Waals surface area contributed by atoms with Gasteiger partial charge in [0.15, 0.2) is 6.61 Å². The molecule has 110 valence electrons. The van der Waals surface area contributed by atoms with Crippen molar-refractivity contribution >= 4 is 21.8 Å². The van der Waals surface area contributed by atoms with Crippen molar-refractivity contribution in [3.05, 3.63) is 28.2 Å². The lowest BCUT2D eigenvalue weighted by Gasteiger charge is -2.15. The van der Waals surface area contributed by atoms with Crippen molar-refractivity contribution in [3.63, 3.8) is 0 Å². The van der Waals surface area contributed by atoms with Crippen molar-refractivity contribution in [2.75, 3.05) is 6.61 Å². The molecule has 1 saturated carbocycles. The molecule has 0 radical (unpaired) electrons. The van der Waals surface area contributed by atoms with Crippen LogP contribution in [0.15, 0.2) is 22.7 Å². The second kappa shape index (κ2) is 7.09. The van der Waals surface area contributed by atoms with Gasteiger partial charge in [-0.15, -0.1) is 0 Å². The van der Waals surface area contributed by atoms with E-state index in [9.17, 15) is 9.90 Å². The Hall–Kier alpha value is -1.07. The molecule has 0 saturated heterocycles. The van der Waals surface area contributed by atoms with Gasteiger partial charge in [0.25, 0.3) is 5.91 Å². The third kappa shape index (κ3) is 4.21. The van der Waals surface area contributed by atoms with E-state index in [1.165, 1.54) is 12.8 Å². The number of ether oxygens (including phenoxy) is 1. The van der Waals surface area contributed by atoms with E-state index in [2.05, 4.69) is 21.2 Å². The molecule has 1 aliphatic carbocycles. The van der Waals surface area contributed by atoms with Gasteiger partial charge in [-0.25, -0.2) is 0 Å². The number of aliphatic hydroxyl groups excluding tert-OH is 1. The van der Waals surface area contributed by atoms with Crippen molar-refractivity contribution < 1.29 is 14.6 Å². The largest absolute Gasteiger partial charge is 0.483 e. The number of amides is 1. The predicted octanol–water partition coefficient (Wildman–Crippen LogP) is 2.94. The molecule has 1 amide bonds. The fourth-order valence-electron chi connectivity index (χ4n) is 2.46. The number of carbonyl (C=O) groups is 1. The van der Waals surface area contributed by atoms with Gasteiger partial charge in [-0.2, -0.15) is 0 Å². The number of halogens is 1. The minimum Gasteiger partial charge on any atom is -0.483 e. The summed E-state index contributed by atoms with van der Waals surface area (Å²) in [6.07, 6.45) is 3.85. The van der Waals surface area contributed by atoms with Crippen LogP contribution in [0.5, 0.6) is 5.75 Å². The summed E-state index contributed by atoms with van der Waals surface area (Å²) in [7, 11) is 0.